The smallest absolute Gasteiger partial charge is 0 e. The van der Waals surface area contributed by atoms with Gasteiger partial charge in [0.2, 0.25) is 0 Å². The second kappa shape index (κ2) is 3.47. The predicted molar refractivity (Wildman–Crippen MR) is 33.7 cm³/mol. The van der Waals surface area contributed by atoms with Gasteiger partial charge in [0.25, 0.3) is 0 Å². The van der Waals surface area contributed by atoms with Gasteiger partial charge in [0.1, 0.15) is 0 Å². The molecule has 1 heteroatoms. The van der Waals surface area contributed by atoms with Crippen molar-refractivity contribution in [3.8, 4) is 0 Å². The maximum Gasteiger partial charge on any atom is 0 e. The third kappa shape index (κ3) is 1.65. The number of hydrogen-bond donors (Lipinski definition) is 0. The molecule has 0 amide bonds. The Hall–Kier alpha value is 0.279. The number of allylic oxidation sites excluding steroid dienone is 4. The van der Waals surface area contributed by atoms with Gasteiger partial charge in [-0.25, -0.2) is 0 Å². The van der Waals surface area contributed by atoms with E-state index in [9.17, 15) is 0 Å². The predicted octanol–water partition coefficient (Wildman–Crippen LogP) is 1.66. The molecule has 0 atom stereocenters. The molecule has 1 rings (SSSR count). The van der Waals surface area contributed by atoms with Crippen molar-refractivity contribution in [3.05, 3.63) is 24.3 Å². The van der Waals surface area contributed by atoms with Crippen LogP contribution in [-0.4, -0.2) is 23.9 Å². The van der Waals surface area contributed by atoms with E-state index in [0.717, 1.165) is 6.42 Å². The standard InChI is InChI=1S/C5H5.Sn.3H2/c1-2-4-5-3-1;;;;/h1-3H,4H2;;3*1H. The van der Waals surface area contributed by atoms with Crippen LogP contribution < -0.4 is 0 Å². The van der Waals surface area contributed by atoms with Gasteiger partial charge in [-0.1, -0.05) is 18.2 Å². The first-order valence-corrected chi connectivity index (χ1v) is 1.72. The van der Waals surface area contributed by atoms with Crippen LogP contribution in [-0.2, 0) is 0 Å². The minimum absolute atomic E-state index is 0. The molecule has 0 aromatic rings. The zero-order valence-corrected chi connectivity index (χ0v) is 6.29. The molecular formula is C5H11Sn. The fourth-order valence-electron chi connectivity index (χ4n) is 0.340. The van der Waals surface area contributed by atoms with Crippen molar-refractivity contribution >= 4 is 23.9 Å². The van der Waals surface area contributed by atoms with Crippen LogP contribution in [0.1, 0.15) is 10.7 Å². The molecule has 0 fully saturated rings. The van der Waals surface area contributed by atoms with Gasteiger partial charge < -0.3 is 0 Å². The SMILES string of the molecule is [C]1=CC=CC1.[HH].[HH].[HH].[Sn]. The van der Waals surface area contributed by atoms with E-state index in [2.05, 4.69) is 12.2 Å². The van der Waals surface area contributed by atoms with Gasteiger partial charge in [-0.05, 0) is 12.5 Å². The summed E-state index contributed by atoms with van der Waals surface area (Å²) in [5, 5.41) is 0. The third-order valence-corrected chi connectivity index (χ3v) is 0.586. The average molecular weight is 190 g/mol. The molecule has 0 spiro atoms. The summed E-state index contributed by atoms with van der Waals surface area (Å²) in [4.78, 5) is 0. The van der Waals surface area contributed by atoms with E-state index in [1.165, 1.54) is 0 Å². The van der Waals surface area contributed by atoms with Gasteiger partial charge in [-0.3, -0.25) is 0 Å². The van der Waals surface area contributed by atoms with Crippen molar-refractivity contribution in [1.82, 2.24) is 0 Å². The monoisotopic (exact) mass is 191 g/mol. The fraction of sp³-hybridized carbons (Fsp3) is 0.200. The molecule has 0 saturated heterocycles. The summed E-state index contributed by atoms with van der Waals surface area (Å²) >= 11 is 0. The summed E-state index contributed by atoms with van der Waals surface area (Å²) in [7, 11) is 0. The molecule has 6 heavy (non-hydrogen) atoms. The molecular weight excluding hydrogens is 179 g/mol. The zero-order valence-electron chi connectivity index (χ0n) is 3.44. The van der Waals surface area contributed by atoms with Crippen LogP contribution in [0.25, 0.3) is 0 Å². The van der Waals surface area contributed by atoms with Crippen molar-refractivity contribution in [2.75, 3.05) is 0 Å². The topological polar surface area (TPSA) is 0 Å². The molecule has 5 radical (unpaired) electrons. The van der Waals surface area contributed by atoms with E-state index in [-0.39, 0.29) is 28.2 Å². The molecule has 0 saturated carbocycles. The Morgan fingerprint density at radius 2 is 2.50 bits per heavy atom. The molecule has 0 heterocycles. The Labute approximate surface area is 59.3 Å². The number of hydrogen-bond acceptors (Lipinski definition) is 0. The second-order valence-corrected chi connectivity index (χ2v) is 1.00. The second-order valence-electron chi connectivity index (χ2n) is 1.00. The van der Waals surface area contributed by atoms with E-state index in [1.54, 1.807) is 0 Å². The summed E-state index contributed by atoms with van der Waals surface area (Å²) in [5.41, 5.74) is 0. The zero-order chi connectivity index (χ0) is 3.54. The molecule has 0 bridgehead atoms. The van der Waals surface area contributed by atoms with E-state index in [4.69, 9.17) is 0 Å². The van der Waals surface area contributed by atoms with Crippen LogP contribution in [0.3, 0.4) is 0 Å². The molecule has 0 unspecified atom stereocenters. The quantitative estimate of drug-likeness (QED) is 0.509. The van der Waals surface area contributed by atoms with E-state index >= 15 is 0 Å². The Kier molecular flexibility index (Phi) is 3.63. The van der Waals surface area contributed by atoms with Crippen molar-refractivity contribution in [2.24, 2.45) is 0 Å². The first kappa shape index (κ1) is 6.28. The summed E-state index contributed by atoms with van der Waals surface area (Å²) in [6.45, 7) is 0. The summed E-state index contributed by atoms with van der Waals surface area (Å²) in [6.07, 6.45) is 10.0. The summed E-state index contributed by atoms with van der Waals surface area (Å²) in [5.74, 6) is 0. The summed E-state index contributed by atoms with van der Waals surface area (Å²) < 4.78 is 0. The Balaban J connectivity index is -0.0000000312. The molecule has 35 valence electrons. The Morgan fingerprint density at radius 3 is 2.67 bits per heavy atom. The van der Waals surface area contributed by atoms with Crippen LogP contribution in [0.4, 0.5) is 0 Å². The fourth-order valence-corrected chi connectivity index (χ4v) is 0.340. The van der Waals surface area contributed by atoms with Crippen LogP contribution >= 0.6 is 0 Å². The molecule has 0 nitrogen and oxygen atoms in total. The number of rotatable bonds is 0. The van der Waals surface area contributed by atoms with Crippen molar-refractivity contribution in [2.45, 2.75) is 6.42 Å². The Morgan fingerprint density at radius 1 is 1.67 bits per heavy atom. The molecule has 0 N–H and O–H groups in total. The van der Waals surface area contributed by atoms with Gasteiger partial charge in [-0.2, -0.15) is 0 Å². The molecule has 1 aliphatic carbocycles. The first-order chi connectivity index (χ1) is 2.50. The maximum atomic E-state index is 2.99. The molecule has 0 aliphatic heterocycles. The molecule has 0 aromatic heterocycles. The van der Waals surface area contributed by atoms with Crippen LogP contribution in [0.15, 0.2) is 18.2 Å². The van der Waals surface area contributed by atoms with Crippen molar-refractivity contribution in [1.29, 1.82) is 0 Å². The third-order valence-electron chi connectivity index (χ3n) is 0.586. The van der Waals surface area contributed by atoms with Gasteiger partial charge in [0.15, 0.2) is 0 Å². The average Bonchev–Trinajstić information content (AvgIpc) is 1.76. The van der Waals surface area contributed by atoms with Crippen LogP contribution in [0, 0.1) is 6.08 Å². The maximum absolute atomic E-state index is 2.99. The van der Waals surface area contributed by atoms with Gasteiger partial charge in [0.05, 0.1) is 0 Å². The van der Waals surface area contributed by atoms with Crippen LogP contribution in [0.5, 0.6) is 0 Å². The minimum Gasteiger partial charge on any atom is -0.0801 e. The largest absolute Gasteiger partial charge is 0.0801 e. The van der Waals surface area contributed by atoms with Crippen molar-refractivity contribution in [3.63, 3.8) is 0 Å². The van der Waals surface area contributed by atoms with E-state index in [1.807, 2.05) is 12.2 Å². The van der Waals surface area contributed by atoms with Gasteiger partial charge >= 0.3 is 0 Å². The van der Waals surface area contributed by atoms with Crippen LogP contribution in [0.2, 0.25) is 0 Å². The minimum atomic E-state index is 0. The molecule has 1 aliphatic rings. The molecule has 0 aromatic carbocycles. The Bertz CT molecular complexity index is 70.3. The summed E-state index contributed by atoms with van der Waals surface area (Å²) in [6, 6.07) is 0. The first-order valence-electron chi connectivity index (χ1n) is 1.72. The van der Waals surface area contributed by atoms with E-state index < -0.39 is 0 Å². The van der Waals surface area contributed by atoms with E-state index in [0.29, 0.717) is 0 Å². The van der Waals surface area contributed by atoms with Gasteiger partial charge in [0, 0.05) is 28.2 Å². The van der Waals surface area contributed by atoms with Crippen molar-refractivity contribution < 1.29 is 4.28 Å². The normalized spacial score (nSPS) is 14.7. The van der Waals surface area contributed by atoms with Gasteiger partial charge in [-0.15, -0.1) is 0 Å².